The van der Waals surface area contributed by atoms with Gasteiger partial charge in [-0.1, -0.05) is 0 Å². The number of aromatic carboxylic acids is 1. The number of carboxylic acids is 1. The average molecular weight is 373 g/mol. The van der Waals surface area contributed by atoms with Gasteiger partial charge in [0.1, 0.15) is 16.3 Å². The molecule has 2 rings (SSSR count). The van der Waals surface area contributed by atoms with Gasteiger partial charge in [-0.2, -0.15) is 4.31 Å². The Hall–Kier alpha value is -2.07. The number of aromatic amines is 1. The van der Waals surface area contributed by atoms with Crippen molar-refractivity contribution in [2.45, 2.75) is 50.8 Å². The molecule has 25 heavy (non-hydrogen) atoms. The highest BCUT2D eigenvalue weighted by Gasteiger charge is 2.35. The van der Waals surface area contributed by atoms with Gasteiger partial charge >= 0.3 is 12.1 Å². The summed E-state index contributed by atoms with van der Waals surface area (Å²) in [6.07, 6.45) is -0.148. The highest BCUT2D eigenvalue weighted by Crippen LogP contribution is 2.23. The highest BCUT2D eigenvalue weighted by atomic mass is 32.2. The van der Waals surface area contributed by atoms with E-state index >= 15 is 0 Å². The molecule has 1 fully saturated rings. The summed E-state index contributed by atoms with van der Waals surface area (Å²) in [5, 5.41) is 11.5. The van der Waals surface area contributed by atoms with Gasteiger partial charge in [0.05, 0.1) is 0 Å². The van der Waals surface area contributed by atoms with Gasteiger partial charge in [0, 0.05) is 19.1 Å². The van der Waals surface area contributed by atoms with E-state index < -0.39 is 27.7 Å². The first kappa shape index (κ1) is 19.3. The van der Waals surface area contributed by atoms with E-state index in [-0.39, 0.29) is 29.9 Å². The number of aromatic nitrogens is 1. The molecule has 0 spiro atoms. The number of hydrogen-bond acceptors (Lipinski definition) is 5. The molecule has 1 atom stereocenters. The molecule has 1 amide bonds. The monoisotopic (exact) mass is 373 g/mol. The fourth-order valence-corrected chi connectivity index (χ4v) is 4.12. The number of nitrogens with zero attached hydrogens (tertiary/aromatic N) is 1. The number of amides is 1. The van der Waals surface area contributed by atoms with E-state index in [4.69, 9.17) is 9.84 Å². The van der Waals surface area contributed by atoms with Crippen LogP contribution in [0.25, 0.3) is 0 Å². The summed E-state index contributed by atoms with van der Waals surface area (Å²) in [5.41, 5.74) is -0.446. The lowest BCUT2D eigenvalue weighted by Crippen LogP contribution is -2.41. The molecule has 0 aliphatic carbocycles. The van der Waals surface area contributed by atoms with Crippen LogP contribution < -0.4 is 5.32 Å². The third kappa shape index (κ3) is 4.51. The number of alkyl carbamates (subject to hydrolysis) is 1. The van der Waals surface area contributed by atoms with Gasteiger partial charge in [-0.25, -0.2) is 18.0 Å². The number of ether oxygens (including phenoxy) is 1. The summed E-state index contributed by atoms with van der Waals surface area (Å²) >= 11 is 0. The number of carbonyl (C=O) groups is 2. The molecule has 1 aromatic rings. The first-order chi connectivity index (χ1) is 11.4. The summed E-state index contributed by atoms with van der Waals surface area (Å²) in [6.45, 7) is 7.07. The van der Waals surface area contributed by atoms with Gasteiger partial charge in [-0.3, -0.25) is 0 Å². The smallest absolute Gasteiger partial charge is 0.407 e. The van der Waals surface area contributed by atoms with E-state index in [9.17, 15) is 18.0 Å². The Kier molecular flexibility index (Phi) is 5.14. The molecule has 0 unspecified atom stereocenters. The van der Waals surface area contributed by atoms with E-state index in [2.05, 4.69) is 10.3 Å². The molecule has 1 saturated heterocycles. The maximum atomic E-state index is 12.6. The fraction of sp³-hybridized carbons (Fsp3) is 0.600. The summed E-state index contributed by atoms with van der Waals surface area (Å²) in [5.74, 6) is -1.22. The molecule has 3 N–H and O–H groups in total. The Morgan fingerprint density at radius 1 is 1.40 bits per heavy atom. The van der Waals surface area contributed by atoms with Crippen molar-refractivity contribution < 1.29 is 27.9 Å². The topological polar surface area (TPSA) is 129 Å². The van der Waals surface area contributed by atoms with E-state index in [1.807, 2.05) is 0 Å². The van der Waals surface area contributed by atoms with Gasteiger partial charge in [-0.05, 0) is 45.7 Å². The molecule has 10 heteroatoms. The van der Waals surface area contributed by atoms with Crippen molar-refractivity contribution in [3.8, 4) is 0 Å². The van der Waals surface area contributed by atoms with Crippen molar-refractivity contribution in [2.75, 3.05) is 13.1 Å². The minimum absolute atomic E-state index is 0.0993. The minimum Gasteiger partial charge on any atom is -0.477 e. The van der Waals surface area contributed by atoms with Crippen LogP contribution in [0, 0.1) is 6.92 Å². The molecule has 9 nitrogen and oxygen atoms in total. The van der Waals surface area contributed by atoms with Crippen LogP contribution in [-0.4, -0.2) is 59.6 Å². The van der Waals surface area contributed by atoms with Crippen LogP contribution in [0.15, 0.2) is 11.1 Å². The molecule has 0 aromatic carbocycles. The second-order valence-electron chi connectivity index (χ2n) is 6.99. The lowest BCUT2D eigenvalue weighted by molar-refractivity contribution is 0.0506. The maximum absolute atomic E-state index is 12.6. The Labute approximate surface area is 146 Å². The summed E-state index contributed by atoms with van der Waals surface area (Å²) < 4.78 is 31.7. The zero-order valence-corrected chi connectivity index (χ0v) is 15.4. The van der Waals surface area contributed by atoms with Crippen molar-refractivity contribution in [3.05, 3.63) is 17.3 Å². The molecule has 0 radical (unpaired) electrons. The van der Waals surface area contributed by atoms with Crippen LogP contribution in [0.3, 0.4) is 0 Å². The summed E-state index contributed by atoms with van der Waals surface area (Å²) in [6, 6.07) is 0.938. The van der Waals surface area contributed by atoms with Crippen molar-refractivity contribution in [3.63, 3.8) is 0 Å². The van der Waals surface area contributed by atoms with Crippen LogP contribution in [0.1, 0.15) is 43.2 Å². The normalized spacial score (nSPS) is 19.0. The minimum atomic E-state index is -3.86. The predicted molar refractivity (Wildman–Crippen MR) is 89.0 cm³/mol. The number of hydrogen-bond donors (Lipinski definition) is 3. The number of carbonyl (C=O) groups excluding carboxylic acids is 1. The lowest BCUT2D eigenvalue weighted by Gasteiger charge is -2.22. The second kappa shape index (κ2) is 6.68. The second-order valence-corrected chi connectivity index (χ2v) is 8.90. The molecule has 1 aromatic heterocycles. The van der Waals surface area contributed by atoms with E-state index in [0.717, 1.165) is 0 Å². The van der Waals surface area contributed by atoms with Gasteiger partial charge in [-0.15, -0.1) is 0 Å². The number of nitrogens with one attached hydrogen (secondary N) is 2. The Balaban J connectivity index is 2.06. The number of H-pyrrole nitrogens is 1. The Morgan fingerprint density at radius 2 is 2.04 bits per heavy atom. The standard InChI is InChI=1S/C15H23N3O6S/c1-9-7-11(17-12(9)13(19)20)25(22,23)18-6-5-10(8-18)16-14(21)24-15(2,3)4/h7,10,17H,5-6,8H2,1-4H3,(H,16,21)(H,19,20)/t10-/m0/s1. The van der Waals surface area contributed by atoms with E-state index in [0.29, 0.717) is 12.0 Å². The van der Waals surface area contributed by atoms with Gasteiger partial charge in [0.2, 0.25) is 0 Å². The largest absolute Gasteiger partial charge is 0.477 e. The molecule has 2 heterocycles. The lowest BCUT2D eigenvalue weighted by atomic mass is 10.2. The van der Waals surface area contributed by atoms with Crippen molar-refractivity contribution in [1.82, 2.24) is 14.6 Å². The third-order valence-corrected chi connectivity index (χ3v) is 5.48. The molecular formula is C15H23N3O6S. The maximum Gasteiger partial charge on any atom is 0.407 e. The van der Waals surface area contributed by atoms with E-state index in [1.54, 1.807) is 20.8 Å². The van der Waals surface area contributed by atoms with Crippen molar-refractivity contribution >= 4 is 22.1 Å². The third-order valence-electron chi connectivity index (χ3n) is 3.69. The first-order valence-electron chi connectivity index (χ1n) is 7.83. The van der Waals surface area contributed by atoms with Crippen LogP contribution in [0.4, 0.5) is 4.79 Å². The van der Waals surface area contributed by atoms with E-state index in [1.165, 1.54) is 17.3 Å². The molecule has 1 aliphatic heterocycles. The molecule has 1 aliphatic rings. The first-order valence-corrected chi connectivity index (χ1v) is 9.27. The number of carboxylic acid groups (broad SMARTS) is 1. The molecule has 140 valence electrons. The zero-order valence-electron chi connectivity index (χ0n) is 14.6. The quantitative estimate of drug-likeness (QED) is 0.730. The van der Waals surface area contributed by atoms with Gasteiger partial charge < -0.3 is 20.1 Å². The van der Waals surface area contributed by atoms with Crippen LogP contribution in [0.2, 0.25) is 0 Å². The number of sulfonamides is 1. The van der Waals surface area contributed by atoms with Crippen molar-refractivity contribution in [1.29, 1.82) is 0 Å². The van der Waals surface area contributed by atoms with Crippen LogP contribution in [0.5, 0.6) is 0 Å². The Bertz CT molecular complexity index is 778. The molecule has 0 bridgehead atoms. The van der Waals surface area contributed by atoms with Crippen LogP contribution in [-0.2, 0) is 14.8 Å². The highest BCUT2D eigenvalue weighted by molar-refractivity contribution is 7.89. The molecular weight excluding hydrogens is 350 g/mol. The predicted octanol–water partition coefficient (Wildman–Crippen LogP) is 1.31. The van der Waals surface area contributed by atoms with Crippen molar-refractivity contribution in [2.24, 2.45) is 0 Å². The van der Waals surface area contributed by atoms with Gasteiger partial charge in [0.15, 0.2) is 0 Å². The molecule has 0 saturated carbocycles. The summed E-state index contributed by atoms with van der Waals surface area (Å²) in [4.78, 5) is 25.3. The van der Waals surface area contributed by atoms with Crippen LogP contribution >= 0.6 is 0 Å². The summed E-state index contributed by atoms with van der Waals surface area (Å²) in [7, 11) is -3.86. The Morgan fingerprint density at radius 3 is 2.56 bits per heavy atom. The SMILES string of the molecule is Cc1cc(S(=O)(=O)N2CC[C@H](NC(=O)OC(C)(C)C)C2)[nH]c1C(=O)O. The average Bonchev–Trinajstić information content (AvgIpc) is 3.03. The fourth-order valence-electron chi connectivity index (χ4n) is 2.57. The van der Waals surface area contributed by atoms with Gasteiger partial charge in [0.25, 0.3) is 10.0 Å². The number of aryl methyl sites for hydroxylation is 1. The number of rotatable bonds is 4. The zero-order chi connectivity index (χ0) is 19.0.